The fourth-order valence-electron chi connectivity index (χ4n) is 0.126. The molecule has 0 aliphatic carbocycles. The van der Waals surface area contributed by atoms with Crippen molar-refractivity contribution >= 4 is 11.8 Å². The van der Waals surface area contributed by atoms with Crippen LogP contribution in [0.3, 0.4) is 0 Å². The van der Waals surface area contributed by atoms with E-state index in [4.69, 9.17) is 0 Å². The summed E-state index contributed by atoms with van der Waals surface area (Å²) in [5.74, 6) is -0.330. The van der Waals surface area contributed by atoms with Crippen LogP contribution in [0.1, 0.15) is 0 Å². The van der Waals surface area contributed by atoms with Crippen molar-refractivity contribution in [3.63, 3.8) is 0 Å². The van der Waals surface area contributed by atoms with Crippen LogP contribution < -0.4 is 0 Å². The Morgan fingerprint density at radius 2 is 2.00 bits per heavy atom. The lowest BCUT2D eigenvalue weighted by Crippen LogP contribution is -2.01. The summed E-state index contributed by atoms with van der Waals surface area (Å²) in [6.07, 6.45) is 0. The largest absolute Gasteiger partial charge is 0.443 e. The molecule has 5 heteroatoms. The van der Waals surface area contributed by atoms with Gasteiger partial charge in [-0.05, 0) is 11.8 Å². The van der Waals surface area contributed by atoms with Crippen LogP contribution in [-0.2, 0) is 4.74 Å². The lowest BCUT2D eigenvalue weighted by molar-refractivity contribution is -0.0342. The molecule has 8 heavy (non-hydrogen) atoms. The molecule has 0 spiro atoms. The maximum atomic E-state index is 11.1. The minimum Gasteiger partial charge on any atom is -0.374 e. The summed E-state index contributed by atoms with van der Waals surface area (Å²) in [7, 11) is 1.22. The lowest BCUT2D eigenvalue weighted by atomic mass is 11.5. The molecule has 0 amide bonds. The van der Waals surface area contributed by atoms with Gasteiger partial charge in [0.2, 0.25) is 0 Å². The van der Waals surface area contributed by atoms with E-state index in [1.165, 1.54) is 7.11 Å². The summed E-state index contributed by atoms with van der Waals surface area (Å²) < 4.78 is 37.5. The average Bonchev–Trinajstić information content (AvgIpc) is 1.59. The van der Waals surface area contributed by atoms with Gasteiger partial charge in [0.05, 0.1) is 0 Å². The van der Waals surface area contributed by atoms with E-state index in [0.717, 1.165) is 0 Å². The van der Waals surface area contributed by atoms with Gasteiger partial charge in [0.15, 0.2) is 0 Å². The molecule has 0 radical (unpaired) electrons. The normalized spacial score (nSPS) is 12.0. The molecule has 50 valence electrons. The molecule has 0 saturated carbocycles. The van der Waals surface area contributed by atoms with Gasteiger partial charge in [-0.25, -0.2) is 0 Å². The number of hydrogen-bond donors (Lipinski definition) is 0. The van der Waals surface area contributed by atoms with Crippen LogP contribution in [0.4, 0.5) is 13.2 Å². The molecule has 0 bridgehead atoms. The molecule has 0 aromatic heterocycles. The highest BCUT2D eigenvalue weighted by atomic mass is 32.2. The third-order valence-electron chi connectivity index (χ3n) is 0.340. The molecule has 0 fully saturated rings. The summed E-state index contributed by atoms with van der Waals surface area (Å²) >= 11 is -0.189. The van der Waals surface area contributed by atoms with Gasteiger partial charge >= 0.3 is 5.51 Å². The summed E-state index contributed by atoms with van der Waals surface area (Å²) in [6.45, 7) is 0. The Morgan fingerprint density at radius 1 is 1.50 bits per heavy atom. The third kappa shape index (κ3) is 6.10. The lowest BCUT2D eigenvalue weighted by Gasteiger charge is -2.01. The minimum atomic E-state index is -4.16. The van der Waals surface area contributed by atoms with Crippen molar-refractivity contribution in [1.82, 2.24) is 0 Å². The van der Waals surface area contributed by atoms with E-state index >= 15 is 0 Å². The zero-order valence-electron chi connectivity index (χ0n) is 4.16. The summed E-state index contributed by atoms with van der Waals surface area (Å²) in [5, 5.41) is 0. The molecular weight excluding hydrogens is 141 g/mol. The smallest absolute Gasteiger partial charge is 0.374 e. The zero-order valence-corrected chi connectivity index (χ0v) is 4.97. The minimum absolute atomic E-state index is 0.189. The van der Waals surface area contributed by atoms with E-state index < -0.39 is 5.51 Å². The second-order valence-electron chi connectivity index (χ2n) is 0.997. The van der Waals surface area contributed by atoms with Crippen molar-refractivity contribution in [2.75, 3.05) is 13.0 Å². The SMILES string of the molecule is COCSC(F)(F)F. The van der Waals surface area contributed by atoms with Crippen molar-refractivity contribution in [3.8, 4) is 0 Å². The standard InChI is InChI=1S/C3H5F3OS/c1-7-2-8-3(4,5)6/h2H2,1H3. The van der Waals surface area contributed by atoms with Crippen LogP contribution in [0.5, 0.6) is 0 Å². The molecule has 0 rings (SSSR count). The van der Waals surface area contributed by atoms with Crippen molar-refractivity contribution in [3.05, 3.63) is 0 Å². The molecule has 0 atom stereocenters. The second-order valence-corrected chi connectivity index (χ2v) is 1.98. The monoisotopic (exact) mass is 146 g/mol. The van der Waals surface area contributed by atoms with Crippen LogP contribution in [0.25, 0.3) is 0 Å². The number of rotatable bonds is 2. The molecule has 0 N–H and O–H groups in total. The number of ether oxygens (including phenoxy) is 1. The highest BCUT2D eigenvalue weighted by Gasteiger charge is 2.27. The Labute approximate surface area is 49.2 Å². The van der Waals surface area contributed by atoms with Crippen molar-refractivity contribution in [2.45, 2.75) is 5.51 Å². The van der Waals surface area contributed by atoms with Crippen molar-refractivity contribution in [1.29, 1.82) is 0 Å². The van der Waals surface area contributed by atoms with Gasteiger partial charge in [-0.1, -0.05) is 0 Å². The van der Waals surface area contributed by atoms with Gasteiger partial charge in [0.1, 0.15) is 5.94 Å². The highest BCUT2D eigenvalue weighted by molar-refractivity contribution is 7.99. The molecule has 0 unspecified atom stereocenters. The zero-order chi connectivity index (χ0) is 6.62. The van der Waals surface area contributed by atoms with Gasteiger partial charge in [0, 0.05) is 7.11 Å². The first kappa shape index (κ1) is 8.10. The van der Waals surface area contributed by atoms with Gasteiger partial charge in [-0.3, -0.25) is 0 Å². The predicted octanol–water partition coefficient (Wildman–Crippen LogP) is 1.84. The maximum absolute atomic E-state index is 11.1. The number of thioether (sulfide) groups is 1. The Kier molecular flexibility index (Phi) is 3.23. The Morgan fingerprint density at radius 3 is 2.12 bits per heavy atom. The van der Waals surface area contributed by atoms with Gasteiger partial charge in [-0.2, -0.15) is 13.2 Å². The van der Waals surface area contributed by atoms with E-state index in [-0.39, 0.29) is 17.7 Å². The molecule has 0 aromatic carbocycles. The topological polar surface area (TPSA) is 9.23 Å². The van der Waals surface area contributed by atoms with Crippen LogP contribution in [0.15, 0.2) is 0 Å². The molecule has 0 heterocycles. The Hall–Kier alpha value is 0.100. The fraction of sp³-hybridized carbons (Fsp3) is 1.00. The van der Waals surface area contributed by atoms with Crippen LogP contribution in [0.2, 0.25) is 0 Å². The first-order valence-electron chi connectivity index (χ1n) is 1.76. The molecule has 0 saturated heterocycles. The van der Waals surface area contributed by atoms with E-state index in [0.29, 0.717) is 0 Å². The third-order valence-corrected chi connectivity index (χ3v) is 1.02. The van der Waals surface area contributed by atoms with E-state index in [9.17, 15) is 13.2 Å². The van der Waals surface area contributed by atoms with E-state index in [1.807, 2.05) is 0 Å². The van der Waals surface area contributed by atoms with E-state index in [2.05, 4.69) is 4.74 Å². The van der Waals surface area contributed by atoms with Crippen molar-refractivity contribution in [2.24, 2.45) is 0 Å². The number of halogens is 3. The quantitative estimate of drug-likeness (QED) is 0.550. The number of hydrogen-bond acceptors (Lipinski definition) is 2. The van der Waals surface area contributed by atoms with Gasteiger partial charge < -0.3 is 4.74 Å². The van der Waals surface area contributed by atoms with Crippen molar-refractivity contribution < 1.29 is 17.9 Å². The molecule has 0 aliphatic heterocycles. The Bertz CT molecular complexity index is 62.0. The first-order chi connectivity index (χ1) is 3.56. The summed E-state index contributed by atoms with van der Waals surface area (Å²) in [6, 6.07) is 0. The van der Waals surface area contributed by atoms with Crippen LogP contribution in [-0.4, -0.2) is 18.6 Å². The number of alkyl halides is 3. The highest BCUT2D eigenvalue weighted by Crippen LogP contribution is 2.29. The maximum Gasteiger partial charge on any atom is 0.443 e. The first-order valence-corrected chi connectivity index (χ1v) is 2.74. The number of methoxy groups -OCH3 is 1. The average molecular weight is 146 g/mol. The van der Waals surface area contributed by atoms with Crippen LogP contribution >= 0.6 is 11.8 Å². The predicted molar refractivity (Wildman–Crippen MR) is 25.5 cm³/mol. The van der Waals surface area contributed by atoms with E-state index in [1.54, 1.807) is 0 Å². The summed E-state index contributed by atoms with van der Waals surface area (Å²) in [4.78, 5) is 0. The second kappa shape index (κ2) is 3.19. The van der Waals surface area contributed by atoms with Gasteiger partial charge in [-0.15, -0.1) is 0 Å². The molecular formula is C3H5F3OS. The van der Waals surface area contributed by atoms with Crippen LogP contribution in [0, 0.1) is 0 Å². The molecule has 0 aromatic rings. The summed E-state index contributed by atoms with van der Waals surface area (Å²) in [5.41, 5.74) is -4.16. The molecule has 1 nitrogen and oxygen atoms in total. The molecule has 0 aliphatic rings. The van der Waals surface area contributed by atoms with Gasteiger partial charge in [0.25, 0.3) is 0 Å². The Balaban J connectivity index is 3.11. The fourth-order valence-corrected chi connectivity index (χ4v) is 0.377.